The van der Waals surface area contributed by atoms with Crippen molar-refractivity contribution in [2.75, 3.05) is 26.7 Å². The number of piperidine rings is 1. The zero-order valence-electron chi connectivity index (χ0n) is 27.8. The lowest BCUT2D eigenvalue weighted by atomic mass is 9.91. The molecule has 3 aromatic carbocycles. The molecule has 0 radical (unpaired) electrons. The van der Waals surface area contributed by atoms with Crippen molar-refractivity contribution in [2.24, 2.45) is 0 Å². The predicted octanol–water partition coefficient (Wildman–Crippen LogP) is 6.67. The highest BCUT2D eigenvalue weighted by Gasteiger charge is 2.34. The summed E-state index contributed by atoms with van der Waals surface area (Å²) in [6, 6.07) is 17.4. The number of amides is 1. The van der Waals surface area contributed by atoms with Crippen LogP contribution in [-0.4, -0.2) is 69.3 Å². The van der Waals surface area contributed by atoms with Gasteiger partial charge in [-0.25, -0.2) is 9.37 Å². The summed E-state index contributed by atoms with van der Waals surface area (Å²) in [4.78, 5) is 21.6. The van der Waals surface area contributed by atoms with Crippen molar-refractivity contribution in [3.63, 3.8) is 0 Å². The minimum absolute atomic E-state index is 0.159. The maximum absolute atomic E-state index is 17.2. The number of halogens is 1. The van der Waals surface area contributed by atoms with E-state index in [1.54, 1.807) is 24.1 Å². The van der Waals surface area contributed by atoms with Crippen LogP contribution >= 0.6 is 0 Å². The van der Waals surface area contributed by atoms with E-state index in [1.165, 1.54) is 0 Å². The summed E-state index contributed by atoms with van der Waals surface area (Å²) in [7, 11) is 2.08. The number of ether oxygens (including phenoxy) is 1. The molecule has 246 valence electrons. The summed E-state index contributed by atoms with van der Waals surface area (Å²) in [5, 5.41) is 27.3. The van der Waals surface area contributed by atoms with Crippen molar-refractivity contribution in [1.82, 2.24) is 24.6 Å². The second kappa shape index (κ2) is 13.2. The molecule has 0 N–H and O–H groups in total. The Bertz CT molecular complexity index is 2270. The summed E-state index contributed by atoms with van der Waals surface area (Å²) < 4.78 is 25.6. The summed E-state index contributed by atoms with van der Waals surface area (Å²) in [6.45, 7) is 5.33. The third-order valence-electron chi connectivity index (χ3n) is 10.2. The highest BCUT2D eigenvalue weighted by Crippen LogP contribution is 2.42. The number of nitrogens with zero attached hydrogens (tertiary/aromatic N) is 7. The summed E-state index contributed by atoms with van der Waals surface area (Å²) >= 11 is 0. The van der Waals surface area contributed by atoms with E-state index in [4.69, 9.17) is 14.8 Å². The van der Waals surface area contributed by atoms with Gasteiger partial charge in [-0.1, -0.05) is 36.3 Å². The van der Waals surface area contributed by atoms with Crippen LogP contribution in [0.25, 0.3) is 43.7 Å². The summed E-state index contributed by atoms with van der Waals surface area (Å²) in [6.07, 6.45) is 5.10. The fraction of sp³-hybridized carbons (Fsp3) is 0.359. The standard InChI is InChI=1S/C39H36FN7O2/c1-4-8-33(48)46-18-15-28(20-27(46)14-16-41)47-38-31-19-24(2)34(30-13-6-10-25-9-5-11-26(21-42)35(25)30)36(40)37(31)44-39(32(38)22-43-47)49-23-29-12-7-17-45(29)3/h5-6,9-11,13,19,22,27-29H,7,12,14-15,17-18,20,23H2,1-3H3/t27-,28?,29?/m1/s1. The van der Waals surface area contributed by atoms with E-state index in [2.05, 4.69) is 35.9 Å². The molecule has 2 aliphatic rings. The number of hydrogen-bond acceptors (Lipinski definition) is 7. The minimum atomic E-state index is -0.492. The number of benzene rings is 3. The number of nitriles is 2. The molecule has 5 aromatic rings. The molecule has 2 saturated heterocycles. The number of carbonyl (C=O) groups is 1. The van der Waals surface area contributed by atoms with E-state index in [0.717, 1.165) is 24.8 Å². The highest BCUT2D eigenvalue weighted by molar-refractivity contribution is 6.09. The molecule has 0 bridgehead atoms. The Morgan fingerprint density at radius 1 is 1.10 bits per heavy atom. The smallest absolute Gasteiger partial charge is 0.298 e. The van der Waals surface area contributed by atoms with E-state index in [9.17, 15) is 15.3 Å². The maximum Gasteiger partial charge on any atom is 0.298 e. The van der Waals surface area contributed by atoms with Gasteiger partial charge in [0.1, 0.15) is 12.1 Å². The van der Waals surface area contributed by atoms with Gasteiger partial charge in [0, 0.05) is 35.0 Å². The summed E-state index contributed by atoms with van der Waals surface area (Å²) in [5.74, 6) is 4.84. The second-order valence-corrected chi connectivity index (χ2v) is 13.0. The van der Waals surface area contributed by atoms with Gasteiger partial charge in [0.15, 0.2) is 5.82 Å². The number of likely N-dealkylation sites (tertiary alicyclic amines) is 2. The van der Waals surface area contributed by atoms with Crippen molar-refractivity contribution < 1.29 is 13.9 Å². The average Bonchev–Trinajstić information content (AvgIpc) is 3.74. The van der Waals surface area contributed by atoms with Crippen LogP contribution in [0.5, 0.6) is 5.88 Å². The van der Waals surface area contributed by atoms with Crippen LogP contribution in [0.3, 0.4) is 0 Å². The lowest BCUT2D eigenvalue weighted by Gasteiger charge is -2.37. The Balaban J connectivity index is 1.41. The molecule has 2 aliphatic heterocycles. The van der Waals surface area contributed by atoms with E-state index >= 15 is 4.39 Å². The quantitative estimate of drug-likeness (QED) is 0.188. The third kappa shape index (κ3) is 5.61. The molecule has 2 aromatic heterocycles. The Labute approximate surface area is 284 Å². The number of hydrogen-bond donors (Lipinski definition) is 0. The van der Waals surface area contributed by atoms with Gasteiger partial charge in [0.05, 0.1) is 47.3 Å². The largest absolute Gasteiger partial charge is 0.475 e. The van der Waals surface area contributed by atoms with Crippen LogP contribution in [0.15, 0.2) is 48.7 Å². The van der Waals surface area contributed by atoms with Gasteiger partial charge >= 0.3 is 0 Å². The second-order valence-electron chi connectivity index (χ2n) is 13.0. The normalized spacial score (nSPS) is 19.5. The van der Waals surface area contributed by atoms with Crippen molar-refractivity contribution >= 4 is 38.5 Å². The van der Waals surface area contributed by atoms with Crippen molar-refractivity contribution in [3.05, 3.63) is 65.6 Å². The van der Waals surface area contributed by atoms with E-state index in [-0.39, 0.29) is 36.0 Å². The van der Waals surface area contributed by atoms with Crippen molar-refractivity contribution in [3.8, 4) is 41.0 Å². The third-order valence-corrected chi connectivity index (χ3v) is 10.2. The molecular formula is C39H36FN7O2. The number of aryl methyl sites for hydroxylation is 1. The molecule has 3 atom stereocenters. The molecular weight excluding hydrogens is 617 g/mol. The summed E-state index contributed by atoms with van der Waals surface area (Å²) in [5.41, 5.74) is 3.05. The van der Waals surface area contributed by atoms with Gasteiger partial charge in [-0.3, -0.25) is 9.48 Å². The van der Waals surface area contributed by atoms with Gasteiger partial charge in [-0.05, 0) is 87.7 Å². The van der Waals surface area contributed by atoms with Crippen molar-refractivity contribution in [2.45, 2.75) is 64.1 Å². The van der Waals surface area contributed by atoms with Crippen LogP contribution in [0.2, 0.25) is 0 Å². The van der Waals surface area contributed by atoms with Gasteiger partial charge in [-0.15, -0.1) is 0 Å². The predicted molar refractivity (Wildman–Crippen MR) is 186 cm³/mol. The zero-order valence-corrected chi connectivity index (χ0v) is 27.8. The number of likely N-dealkylation sites (N-methyl/N-ethyl adjacent to an activating group) is 1. The number of rotatable bonds is 6. The first-order chi connectivity index (χ1) is 23.8. The Kier molecular flexibility index (Phi) is 8.63. The Morgan fingerprint density at radius 2 is 1.92 bits per heavy atom. The first kappa shape index (κ1) is 32.1. The lowest BCUT2D eigenvalue weighted by Crippen LogP contribution is -2.46. The van der Waals surface area contributed by atoms with Crippen LogP contribution in [0, 0.1) is 47.2 Å². The molecule has 2 fully saturated rings. The topological polar surface area (TPSA) is 111 Å². The lowest BCUT2D eigenvalue weighted by molar-refractivity contribution is -0.129. The van der Waals surface area contributed by atoms with Crippen LogP contribution < -0.4 is 4.74 Å². The number of aromatic nitrogens is 3. The van der Waals surface area contributed by atoms with Crippen LogP contribution in [0.1, 0.15) is 56.2 Å². The van der Waals surface area contributed by atoms with E-state index < -0.39 is 5.82 Å². The minimum Gasteiger partial charge on any atom is -0.475 e. The molecule has 49 heavy (non-hydrogen) atoms. The monoisotopic (exact) mass is 653 g/mol. The maximum atomic E-state index is 17.2. The first-order valence-corrected chi connectivity index (χ1v) is 16.7. The fourth-order valence-electron chi connectivity index (χ4n) is 7.73. The van der Waals surface area contributed by atoms with Crippen molar-refractivity contribution in [1.29, 1.82) is 10.5 Å². The zero-order chi connectivity index (χ0) is 34.2. The van der Waals surface area contributed by atoms with Gasteiger partial charge in [0.25, 0.3) is 5.91 Å². The van der Waals surface area contributed by atoms with Gasteiger partial charge in [-0.2, -0.15) is 15.6 Å². The SMILES string of the molecule is CC#CC(=O)N1CCC(n2ncc3c(OCC4CCCN4C)nc4c(F)c(-c5cccc6cccc(C#N)c56)c(C)cc4c32)C[C@H]1CC#N. The molecule has 0 aliphatic carbocycles. The number of fused-ring (bicyclic) bond motifs is 4. The highest BCUT2D eigenvalue weighted by atomic mass is 19.1. The average molecular weight is 654 g/mol. The van der Waals surface area contributed by atoms with Gasteiger partial charge in [0.2, 0.25) is 5.88 Å². The van der Waals surface area contributed by atoms with E-state index in [0.29, 0.717) is 75.8 Å². The fourth-order valence-corrected chi connectivity index (χ4v) is 7.73. The molecule has 4 heterocycles. The first-order valence-electron chi connectivity index (χ1n) is 16.7. The van der Waals surface area contributed by atoms with Gasteiger partial charge < -0.3 is 14.5 Å². The molecule has 0 saturated carbocycles. The number of pyridine rings is 1. The molecule has 2 unspecified atom stereocenters. The Morgan fingerprint density at radius 3 is 2.65 bits per heavy atom. The molecule has 9 nitrogen and oxygen atoms in total. The molecule has 10 heteroatoms. The molecule has 1 amide bonds. The van der Waals surface area contributed by atoms with Crippen LogP contribution in [-0.2, 0) is 4.79 Å². The van der Waals surface area contributed by atoms with E-state index in [1.807, 2.05) is 48.0 Å². The number of carbonyl (C=O) groups excluding carboxylic acids is 1. The Hall–Kier alpha value is -5.50. The molecule has 7 rings (SSSR count). The molecule has 0 spiro atoms. The van der Waals surface area contributed by atoms with Crippen LogP contribution in [0.4, 0.5) is 4.39 Å².